The highest BCUT2D eigenvalue weighted by Crippen LogP contribution is 2.52. The number of aliphatic hydroxyl groups is 3. The van der Waals surface area contributed by atoms with Crippen LogP contribution < -0.4 is 10.1 Å². The molecule has 12 heteroatoms. The van der Waals surface area contributed by atoms with Gasteiger partial charge in [-0.2, -0.15) is 0 Å². The molecule has 3 aliphatic rings. The number of hydrogen-bond acceptors (Lipinski definition) is 11. The molecule has 6 N–H and O–H groups in total. The molecular weight excluding hydrogens is 526 g/mol. The van der Waals surface area contributed by atoms with Gasteiger partial charge in [-0.15, -0.1) is 0 Å². The largest absolute Gasteiger partial charge is 0.507 e. The molecule has 12 nitrogen and oxygen atoms in total. The number of rotatable bonds is 6. The highest BCUT2D eigenvalue weighted by Gasteiger charge is 2.49. The van der Waals surface area contributed by atoms with Gasteiger partial charge in [0.15, 0.2) is 12.1 Å². The van der Waals surface area contributed by atoms with E-state index < -0.39 is 76.5 Å². The number of amides is 1. The average Bonchev–Trinajstić information content (AvgIpc) is 2.91. The lowest BCUT2D eigenvalue weighted by molar-refractivity contribution is -0.252. The van der Waals surface area contributed by atoms with Gasteiger partial charge in [0.1, 0.15) is 23.4 Å². The number of aromatic hydroxyl groups is 2. The van der Waals surface area contributed by atoms with Crippen LogP contribution in [0.3, 0.4) is 0 Å². The third kappa shape index (κ3) is 4.23. The molecule has 1 amide bonds. The fraction of sp³-hybridized carbons (Fsp3) is 0.464. The van der Waals surface area contributed by atoms with Gasteiger partial charge < -0.3 is 45.1 Å². The van der Waals surface area contributed by atoms with Crippen LogP contribution >= 0.6 is 0 Å². The fourth-order valence-electron chi connectivity index (χ4n) is 5.96. The summed E-state index contributed by atoms with van der Waals surface area (Å²) < 4.78 is 17.2. The molecular formula is C28H31NO11. The lowest BCUT2D eigenvalue weighted by atomic mass is 9.71. The van der Waals surface area contributed by atoms with Gasteiger partial charge in [-0.05, 0) is 19.9 Å². The predicted octanol–water partition coefficient (Wildman–Crippen LogP) is 0.608. The molecule has 2 aromatic carbocycles. The summed E-state index contributed by atoms with van der Waals surface area (Å²) in [6, 6.07) is 3.71. The van der Waals surface area contributed by atoms with E-state index >= 15 is 0 Å². The minimum atomic E-state index is -1.85. The second-order valence-electron chi connectivity index (χ2n) is 10.6. The Hall–Kier alpha value is -3.55. The third-order valence-corrected chi connectivity index (χ3v) is 8.19. The van der Waals surface area contributed by atoms with Crippen molar-refractivity contribution in [1.29, 1.82) is 0 Å². The molecule has 1 saturated heterocycles. The van der Waals surface area contributed by atoms with Crippen molar-refractivity contribution in [1.82, 2.24) is 5.32 Å². The van der Waals surface area contributed by atoms with E-state index in [4.69, 9.17) is 14.2 Å². The molecule has 2 aliphatic carbocycles. The number of hydrogen-bond donors (Lipinski definition) is 6. The van der Waals surface area contributed by atoms with Crippen molar-refractivity contribution in [3.05, 3.63) is 51.6 Å². The van der Waals surface area contributed by atoms with Crippen molar-refractivity contribution in [2.24, 2.45) is 0 Å². The van der Waals surface area contributed by atoms with Crippen molar-refractivity contribution >= 4 is 18.0 Å². The SMILES string of the molecule is COc1cccc2c1C(=O)c1c(O)c3c(c(O)c1C2=O)C[C@](O)([C@H](C)O)C[C@@H]3O[C@H]1C[C@H](NC=O)[C@H](O)[C@H](C)O1. The average molecular weight is 558 g/mol. The highest BCUT2D eigenvalue weighted by atomic mass is 16.7. The summed E-state index contributed by atoms with van der Waals surface area (Å²) in [5.74, 6) is -2.57. The lowest BCUT2D eigenvalue weighted by Crippen LogP contribution is -2.54. The van der Waals surface area contributed by atoms with Crippen LogP contribution in [-0.2, 0) is 20.7 Å². The first kappa shape index (κ1) is 28.0. The van der Waals surface area contributed by atoms with Gasteiger partial charge in [0.2, 0.25) is 12.2 Å². The van der Waals surface area contributed by atoms with E-state index in [9.17, 15) is 39.9 Å². The quantitative estimate of drug-likeness (QED) is 0.184. The van der Waals surface area contributed by atoms with Crippen LogP contribution in [0.15, 0.2) is 18.2 Å². The summed E-state index contributed by atoms with van der Waals surface area (Å²) in [5, 5.41) is 57.6. The van der Waals surface area contributed by atoms with Crippen molar-refractivity contribution < 1.29 is 54.1 Å². The number of ketones is 2. The van der Waals surface area contributed by atoms with E-state index in [1.54, 1.807) is 6.92 Å². The maximum absolute atomic E-state index is 13.7. The molecule has 7 atom stereocenters. The first-order valence-electron chi connectivity index (χ1n) is 12.9. The minimum Gasteiger partial charge on any atom is -0.507 e. The number of carbonyl (C=O) groups excluding carboxylic acids is 3. The Labute approximate surface area is 229 Å². The van der Waals surface area contributed by atoms with E-state index in [-0.39, 0.29) is 47.3 Å². The summed E-state index contributed by atoms with van der Waals surface area (Å²) in [6.45, 7) is 2.93. The van der Waals surface area contributed by atoms with Gasteiger partial charge in [0, 0.05) is 36.0 Å². The molecule has 2 aromatic rings. The smallest absolute Gasteiger partial charge is 0.207 e. The number of aliphatic hydroxyl groups excluding tert-OH is 2. The lowest BCUT2D eigenvalue weighted by Gasteiger charge is -2.44. The van der Waals surface area contributed by atoms with Crippen LogP contribution in [-0.4, -0.2) is 86.9 Å². The molecule has 1 aliphatic heterocycles. The number of methoxy groups -OCH3 is 1. The number of nitrogens with one attached hydrogen (secondary N) is 1. The highest BCUT2D eigenvalue weighted by molar-refractivity contribution is 6.31. The zero-order valence-electron chi connectivity index (χ0n) is 22.1. The van der Waals surface area contributed by atoms with Crippen molar-refractivity contribution in [3.8, 4) is 17.2 Å². The van der Waals surface area contributed by atoms with Gasteiger partial charge in [-0.3, -0.25) is 14.4 Å². The Balaban J connectivity index is 1.65. The Morgan fingerprint density at radius 2 is 1.85 bits per heavy atom. The first-order valence-corrected chi connectivity index (χ1v) is 12.9. The van der Waals surface area contributed by atoms with E-state index in [0.717, 1.165) is 0 Å². The molecule has 0 aromatic heterocycles. The van der Waals surface area contributed by atoms with E-state index in [1.165, 1.54) is 32.2 Å². The van der Waals surface area contributed by atoms with E-state index in [0.29, 0.717) is 6.41 Å². The fourth-order valence-corrected chi connectivity index (χ4v) is 5.96. The van der Waals surface area contributed by atoms with Gasteiger partial charge in [-0.25, -0.2) is 0 Å². The zero-order chi connectivity index (χ0) is 29.1. The maximum Gasteiger partial charge on any atom is 0.207 e. The predicted molar refractivity (Wildman–Crippen MR) is 136 cm³/mol. The van der Waals surface area contributed by atoms with Crippen LogP contribution in [0.1, 0.15) is 75.8 Å². The monoisotopic (exact) mass is 557 g/mol. The van der Waals surface area contributed by atoms with Crippen molar-refractivity contribution in [3.63, 3.8) is 0 Å². The Kier molecular flexibility index (Phi) is 7.09. The number of carbonyl (C=O) groups is 3. The third-order valence-electron chi connectivity index (χ3n) is 8.19. The minimum absolute atomic E-state index is 0.00284. The van der Waals surface area contributed by atoms with Crippen LogP contribution in [0.4, 0.5) is 0 Å². The molecule has 0 bridgehead atoms. The number of ether oxygens (including phenoxy) is 3. The topological polar surface area (TPSA) is 192 Å². The van der Waals surface area contributed by atoms with Gasteiger partial charge in [-0.1, -0.05) is 12.1 Å². The molecule has 40 heavy (non-hydrogen) atoms. The molecule has 0 unspecified atom stereocenters. The maximum atomic E-state index is 13.7. The summed E-state index contributed by atoms with van der Waals surface area (Å²) in [6.07, 6.45) is -5.57. The molecule has 5 rings (SSSR count). The second-order valence-corrected chi connectivity index (χ2v) is 10.6. The first-order chi connectivity index (χ1) is 18.9. The molecule has 1 heterocycles. The summed E-state index contributed by atoms with van der Waals surface area (Å²) >= 11 is 0. The van der Waals surface area contributed by atoms with E-state index in [1.807, 2.05) is 0 Å². The molecule has 1 fully saturated rings. The molecule has 0 saturated carbocycles. The number of phenolic OH excluding ortho intramolecular Hbond substituents is 2. The number of fused-ring (bicyclic) bond motifs is 3. The molecule has 0 radical (unpaired) electrons. The van der Waals surface area contributed by atoms with Gasteiger partial charge >= 0.3 is 0 Å². The van der Waals surface area contributed by atoms with Crippen LogP contribution in [0, 0.1) is 0 Å². The van der Waals surface area contributed by atoms with Crippen molar-refractivity contribution in [2.75, 3.05) is 7.11 Å². The van der Waals surface area contributed by atoms with Crippen molar-refractivity contribution in [2.45, 2.75) is 75.5 Å². The Morgan fingerprint density at radius 1 is 1.15 bits per heavy atom. The molecule has 214 valence electrons. The van der Waals surface area contributed by atoms with Gasteiger partial charge in [0.05, 0.1) is 53.8 Å². The standard InChI is InChI=1S/C28H31NO11/c1-11-23(32)15(29-10-30)7-18(39-11)40-17-9-28(37,12(2)31)8-14-20(17)27(36)22-21(25(14)34)24(33)13-5-4-6-16(38-3)19(13)26(22)35/h4-6,10-12,15,17-18,23,31-32,34,36-37H,7-9H2,1-3H3,(H,29,30)/t11-,12-,15-,17-,18-,23+,28+/m0/s1. The summed E-state index contributed by atoms with van der Waals surface area (Å²) in [5.41, 5.74) is -2.87. The summed E-state index contributed by atoms with van der Waals surface area (Å²) in [7, 11) is 1.34. The normalized spacial score (nSPS) is 30.1. The summed E-state index contributed by atoms with van der Waals surface area (Å²) in [4.78, 5) is 38.3. The van der Waals surface area contributed by atoms with Crippen LogP contribution in [0.5, 0.6) is 17.2 Å². The van der Waals surface area contributed by atoms with Crippen LogP contribution in [0.2, 0.25) is 0 Å². The Bertz CT molecular complexity index is 1390. The van der Waals surface area contributed by atoms with E-state index in [2.05, 4.69) is 5.32 Å². The zero-order valence-corrected chi connectivity index (χ0v) is 22.1. The van der Waals surface area contributed by atoms with Crippen LogP contribution in [0.25, 0.3) is 0 Å². The number of benzene rings is 2. The number of phenols is 2. The Morgan fingerprint density at radius 3 is 2.50 bits per heavy atom. The molecule has 0 spiro atoms. The second kappa shape index (κ2) is 10.1. The van der Waals surface area contributed by atoms with Gasteiger partial charge in [0.25, 0.3) is 0 Å².